The van der Waals surface area contributed by atoms with Crippen LogP contribution in [-0.2, 0) is 14.4 Å². The normalized spacial score (nSPS) is 12.5. The van der Waals surface area contributed by atoms with E-state index in [1.165, 1.54) is 64.2 Å². The highest BCUT2D eigenvalue weighted by Gasteiger charge is 2.25. The minimum absolute atomic E-state index is 0.0134. The predicted molar refractivity (Wildman–Crippen MR) is 124 cm³/mol. The molecule has 0 saturated heterocycles. The van der Waals surface area contributed by atoms with E-state index < -0.39 is 17.4 Å². The lowest BCUT2D eigenvalue weighted by Crippen LogP contribution is -2.41. The molecule has 0 aliphatic carbocycles. The van der Waals surface area contributed by atoms with Gasteiger partial charge in [-0.1, -0.05) is 105 Å². The number of hydrogen-bond acceptors (Lipinski definition) is 3. The van der Waals surface area contributed by atoms with Crippen LogP contribution in [0.4, 0.5) is 0 Å². The molecular formula is C25H47NO4. The van der Waals surface area contributed by atoms with Crippen LogP contribution < -0.4 is 5.32 Å². The molecule has 0 bridgehead atoms. The van der Waals surface area contributed by atoms with Crippen molar-refractivity contribution in [1.29, 1.82) is 0 Å². The smallest absolute Gasteiger partial charge is 0.326 e. The van der Waals surface area contributed by atoms with Crippen LogP contribution in [0, 0.1) is 5.41 Å². The maximum atomic E-state index is 12.0. The van der Waals surface area contributed by atoms with Gasteiger partial charge in [0.2, 0.25) is 5.91 Å². The Hall–Kier alpha value is -1.39. The van der Waals surface area contributed by atoms with Crippen LogP contribution in [0.1, 0.15) is 130 Å². The van der Waals surface area contributed by atoms with Crippen LogP contribution >= 0.6 is 0 Å². The Morgan fingerprint density at radius 3 is 1.57 bits per heavy atom. The molecule has 0 aliphatic rings. The maximum Gasteiger partial charge on any atom is 0.326 e. The first-order chi connectivity index (χ1) is 14.2. The number of nitrogens with one attached hydrogen (secondary N) is 1. The SMILES string of the molecule is CCCCCCCCCCCCCCCC(=O)N[C@@H](CCC(=O)C(C)(C)C)C(=O)O. The molecule has 0 aromatic carbocycles. The first-order valence-corrected chi connectivity index (χ1v) is 12.2. The zero-order chi connectivity index (χ0) is 22.8. The van der Waals surface area contributed by atoms with Crippen molar-refractivity contribution in [2.75, 3.05) is 0 Å². The Morgan fingerprint density at radius 1 is 0.733 bits per heavy atom. The van der Waals surface area contributed by atoms with Crippen molar-refractivity contribution in [3.8, 4) is 0 Å². The Morgan fingerprint density at radius 2 is 1.17 bits per heavy atom. The summed E-state index contributed by atoms with van der Waals surface area (Å²) in [6.45, 7) is 7.70. The fourth-order valence-corrected chi connectivity index (χ4v) is 3.48. The highest BCUT2D eigenvalue weighted by Crippen LogP contribution is 2.18. The predicted octanol–water partition coefficient (Wildman–Crippen LogP) is 6.43. The molecule has 0 radical (unpaired) electrons. The van der Waals surface area contributed by atoms with Crippen LogP contribution in [-0.4, -0.2) is 28.8 Å². The average Bonchev–Trinajstić information content (AvgIpc) is 2.67. The number of carbonyl (C=O) groups is 3. The number of carboxylic acid groups (broad SMARTS) is 1. The molecule has 0 aliphatic heterocycles. The van der Waals surface area contributed by atoms with Gasteiger partial charge in [-0.05, 0) is 12.8 Å². The van der Waals surface area contributed by atoms with Crippen molar-refractivity contribution in [2.24, 2.45) is 5.41 Å². The first-order valence-electron chi connectivity index (χ1n) is 12.2. The summed E-state index contributed by atoms with van der Waals surface area (Å²) in [6.07, 6.45) is 16.9. The molecule has 0 heterocycles. The topological polar surface area (TPSA) is 83.5 Å². The van der Waals surface area contributed by atoms with E-state index in [0.29, 0.717) is 6.42 Å². The Balaban J connectivity index is 3.72. The highest BCUT2D eigenvalue weighted by molar-refractivity contribution is 5.86. The van der Waals surface area contributed by atoms with Gasteiger partial charge in [-0.3, -0.25) is 9.59 Å². The third kappa shape index (κ3) is 16.4. The zero-order valence-corrected chi connectivity index (χ0v) is 20.1. The van der Waals surface area contributed by atoms with E-state index in [1.807, 2.05) is 20.8 Å². The lowest BCUT2D eigenvalue weighted by Gasteiger charge is -2.19. The average molecular weight is 426 g/mol. The third-order valence-corrected chi connectivity index (χ3v) is 5.64. The maximum absolute atomic E-state index is 12.0. The molecule has 1 atom stereocenters. The number of Topliss-reactive ketones (excluding diaryl/α,β-unsaturated/α-hetero) is 1. The van der Waals surface area contributed by atoms with Gasteiger partial charge in [0, 0.05) is 18.3 Å². The number of unbranched alkanes of at least 4 members (excludes halogenated alkanes) is 12. The van der Waals surface area contributed by atoms with E-state index in [1.54, 1.807) is 0 Å². The van der Waals surface area contributed by atoms with Gasteiger partial charge in [0.05, 0.1) is 0 Å². The number of carboxylic acids is 1. The third-order valence-electron chi connectivity index (χ3n) is 5.64. The summed E-state index contributed by atoms with van der Waals surface area (Å²) in [5.74, 6) is -1.29. The van der Waals surface area contributed by atoms with Gasteiger partial charge in [0.1, 0.15) is 11.8 Å². The van der Waals surface area contributed by atoms with E-state index >= 15 is 0 Å². The van der Waals surface area contributed by atoms with E-state index in [9.17, 15) is 19.5 Å². The summed E-state index contributed by atoms with van der Waals surface area (Å²) in [5.41, 5.74) is -0.484. The molecule has 0 fully saturated rings. The number of amides is 1. The van der Waals surface area contributed by atoms with Crippen molar-refractivity contribution < 1.29 is 19.5 Å². The van der Waals surface area contributed by atoms with Crippen molar-refractivity contribution in [2.45, 2.75) is 136 Å². The molecule has 0 spiro atoms. The van der Waals surface area contributed by atoms with Crippen LogP contribution in [0.3, 0.4) is 0 Å². The molecule has 5 heteroatoms. The van der Waals surface area contributed by atoms with Crippen LogP contribution in [0.25, 0.3) is 0 Å². The number of rotatable bonds is 19. The Labute approximate surface area is 184 Å². The summed E-state index contributed by atoms with van der Waals surface area (Å²) in [7, 11) is 0. The first kappa shape index (κ1) is 28.6. The minimum atomic E-state index is -1.07. The Bertz CT molecular complexity index is 482. The molecule has 5 nitrogen and oxygen atoms in total. The lowest BCUT2D eigenvalue weighted by molar-refractivity contribution is -0.142. The van der Waals surface area contributed by atoms with Crippen molar-refractivity contribution in [3.63, 3.8) is 0 Å². The molecule has 2 N–H and O–H groups in total. The van der Waals surface area contributed by atoms with E-state index in [2.05, 4.69) is 12.2 Å². The van der Waals surface area contributed by atoms with Crippen molar-refractivity contribution in [1.82, 2.24) is 5.32 Å². The largest absolute Gasteiger partial charge is 0.480 e. The van der Waals surface area contributed by atoms with Gasteiger partial charge >= 0.3 is 5.97 Å². The number of aliphatic carboxylic acids is 1. The number of hydrogen-bond donors (Lipinski definition) is 2. The summed E-state index contributed by atoms with van der Waals surface area (Å²) < 4.78 is 0. The van der Waals surface area contributed by atoms with Crippen molar-refractivity contribution >= 4 is 17.7 Å². The molecule has 0 saturated carbocycles. The van der Waals surface area contributed by atoms with Gasteiger partial charge in [-0.15, -0.1) is 0 Å². The molecule has 1 amide bonds. The van der Waals surface area contributed by atoms with E-state index in [-0.39, 0.29) is 24.5 Å². The fourth-order valence-electron chi connectivity index (χ4n) is 3.48. The second-order valence-electron chi connectivity index (χ2n) is 9.66. The van der Waals surface area contributed by atoms with E-state index in [0.717, 1.165) is 19.3 Å². The van der Waals surface area contributed by atoms with Gasteiger partial charge in [-0.2, -0.15) is 0 Å². The Kier molecular flexibility index (Phi) is 16.5. The number of ketones is 1. The molecular weight excluding hydrogens is 378 g/mol. The van der Waals surface area contributed by atoms with Gasteiger partial charge < -0.3 is 10.4 Å². The second kappa shape index (κ2) is 17.3. The number of carbonyl (C=O) groups excluding carboxylic acids is 2. The van der Waals surface area contributed by atoms with Crippen LogP contribution in [0.2, 0.25) is 0 Å². The molecule has 0 aromatic heterocycles. The molecule has 176 valence electrons. The highest BCUT2D eigenvalue weighted by atomic mass is 16.4. The summed E-state index contributed by atoms with van der Waals surface area (Å²) >= 11 is 0. The zero-order valence-electron chi connectivity index (χ0n) is 20.1. The van der Waals surface area contributed by atoms with E-state index in [4.69, 9.17) is 0 Å². The quantitative estimate of drug-likeness (QED) is 0.233. The van der Waals surface area contributed by atoms with Crippen LogP contribution in [0.15, 0.2) is 0 Å². The van der Waals surface area contributed by atoms with Crippen LogP contribution in [0.5, 0.6) is 0 Å². The summed E-state index contributed by atoms with van der Waals surface area (Å²) in [6, 6.07) is -0.981. The lowest BCUT2D eigenvalue weighted by atomic mass is 9.87. The van der Waals surface area contributed by atoms with Gasteiger partial charge in [0.25, 0.3) is 0 Å². The molecule has 30 heavy (non-hydrogen) atoms. The fraction of sp³-hybridized carbons (Fsp3) is 0.880. The molecule has 0 unspecified atom stereocenters. The molecule has 0 aromatic rings. The standard InChI is InChI=1S/C25H47NO4/c1-5-6-7-8-9-10-11-12-13-14-15-16-17-18-23(28)26-21(24(29)30)19-20-22(27)25(2,3)4/h21H,5-20H2,1-4H3,(H,26,28)(H,29,30)/t21-/m0/s1. The monoisotopic (exact) mass is 425 g/mol. The summed E-state index contributed by atoms with van der Waals surface area (Å²) in [5, 5.41) is 11.9. The second-order valence-corrected chi connectivity index (χ2v) is 9.66. The minimum Gasteiger partial charge on any atom is -0.480 e. The van der Waals surface area contributed by atoms with Crippen molar-refractivity contribution in [3.05, 3.63) is 0 Å². The van der Waals surface area contributed by atoms with Gasteiger partial charge in [-0.25, -0.2) is 4.79 Å². The van der Waals surface area contributed by atoms with Gasteiger partial charge in [0.15, 0.2) is 0 Å². The molecule has 0 rings (SSSR count). The summed E-state index contributed by atoms with van der Waals surface area (Å²) in [4.78, 5) is 35.4.